The van der Waals surface area contributed by atoms with E-state index in [0.29, 0.717) is 17.0 Å². The Morgan fingerprint density at radius 3 is 2.62 bits per heavy atom. The number of sulfone groups is 1. The molecule has 1 N–H and O–H groups in total. The third kappa shape index (κ3) is 3.98. The highest BCUT2D eigenvalue weighted by Crippen LogP contribution is 2.28. The van der Waals surface area contributed by atoms with Crippen LogP contribution in [0.1, 0.15) is 32.6 Å². The van der Waals surface area contributed by atoms with Gasteiger partial charge in [-0.1, -0.05) is 19.1 Å². The van der Waals surface area contributed by atoms with Crippen LogP contribution in [0.25, 0.3) is 0 Å². The van der Waals surface area contributed by atoms with Crippen molar-refractivity contribution in [3.8, 4) is 0 Å². The van der Waals surface area contributed by atoms with Crippen LogP contribution in [-0.4, -0.2) is 45.2 Å². The first kappa shape index (κ1) is 16.3. The molecule has 1 aromatic rings. The van der Waals surface area contributed by atoms with Gasteiger partial charge in [-0.25, -0.2) is 8.42 Å². The summed E-state index contributed by atoms with van der Waals surface area (Å²) in [6, 6.07) is 8.18. The normalized spacial score (nSPS) is 23.2. The lowest BCUT2D eigenvalue weighted by Crippen LogP contribution is -2.38. The first-order chi connectivity index (χ1) is 9.94. The van der Waals surface area contributed by atoms with Crippen molar-refractivity contribution in [1.29, 1.82) is 0 Å². The Bertz CT molecular complexity index is 569. The quantitative estimate of drug-likeness (QED) is 0.908. The lowest BCUT2D eigenvalue weighted by Gasteiger charge is -2.34. The van der Waals surface area contributed by atoms with Crippen molar-refractivity contribution in [3.63, 3.8) is 0 Å². The third-order valence-corrected chi connectivity index (χ3v) is 6.12. The van der Waals surface area contributed by atoms with Crippen molar-refractivity contribution in [1.82, 2.24) is 4.90 Å². The van der Waals surface area contributed by atoms with E-state index in [2.05, 4.69) is 24.3 Å². The van der Waals surface area contributed by atoms with E-state index in [4.69, 9.17) is 0 Å². The summed E-state index contributed by atoms with van der Waals surface area (Å²) < 4.78 is 24.4. The number of rotatable bonds is 5. The topological polar surface area (TPSA) is 49.4 Å². The van der Waals surface area contributed by atoms with E-state index in [0.717, 1.165) is 18.5 Å². The highest BCUT2D eigenvalue weighted by atomic mass is 32.2. The molecule has 2 rings (SSSR count). The summed E-state index contributed by atoms with van der Waals surface area (Å²) in [6.07, 6.45) is 4.57. The number of nitrogens with one attached hydrogen (secondary N) is 1. The van der Waals surface area contributed by atoms with Gasteiger partial charge in [-0.15, -0.1) is 0 Å². The number of anilines is 1. The van der Waals surface area contributed by atoms with Crippen molar-refractivity contribution in [2.75, 3.05) is 25.2 Å². The van der Waals surface area contributed by atoms with Crippen LogP contribution in [0.15, 0.2) is 29.2 Å². The molecule has 21 heavy (non-hydrogen) atoms. The Balaban J connectivity index is 2.17. The highest BCUT2D eigenvalue weighted by Gasteiger charge is 2.25. The molecule has 0 spiro atoms. The molecular formula is C16H26N2O2S. The Morgan fingerprint density at radius 2 is 1.95 bits per heavy atom. The Morgan fingerprint density at radius 1 is 1.24 bits per heavy atom. The summed E-state index contributed by atoms with van der Waals surface area (Å²) in [4.78, 5) is 2.70. The number of nitrogens with zero attached hydrogens (tertiary/aromatic N) is 1. The average molecular weight is 310 g/mol. The Labute approximate surface area is 128 Å². The molecule has 0 saturated heterocycles. The summed E-state index contributed by atoms with van der Waals surface area (Å²) >= 11 is 0. The van der Waals surface area contributed by atoms with Gasteiger partial charge in [0.1, 0.15) is 0 Å². The molecule has 1 aliphatic carbocycles. The molecule has 118 valence electrons. The third-order valence-electron chi connectivity index (χ3n) is 4.34. The zero-order valence-electron chi connectivity index (χ0n) is 13.2. The second-order valence-electron chi connectivity index (χ2n) is 6.02. The Hall–Kier alpha value is -1.07. The van der Waals surface area contributed by atoms with Gasteiger partial charge in [0, 0.05) is 12.1 Å². The SMILES string of the molecule is CCS(=O)(=O)c1ccccc1N[C@@H]1CCC[C@@H](N(C)C)C1. The van der Waals surface area contributed by atoms with Crippen molar-refractivity contribution in [3.05, 3.63) is 24.3 Å². The van der Waals surface area contributed by atoms with Crippen LogP contribution in [0.3, 0.4) is 0 Å². The first-order valence-electron chi connectivity index (χ1n) is 7.68. The number of hydrogen-bond acceptors (Lipinski definition) is 4. The van der Waals surface area contributed by atoms with Crippen LogP contribution in [0.2, 0.25) is 0 Å². The van der Waals surface area contributed by atoms with E-state index in [1.54, 1.807) is 19.1 Å². The fourth-order valence-corrected chi connectivity index (χ4v) is 4.06. The molecule has 0 bridgehead atoms. The monoisotopic (exact) mass is 310 g/mol. The smallest absolute Gasteiger partial charge is 0.180 e. The minimum absolute atomic E-state index is 0.136. The number of para-hydroxylation sites is 1. The summed E-state index contributed by atoms with van der Waals surface area (Å²) in [6.45, 7) is 1.69. The molecule has 4 nitrogen and oxygen atoms in total. The van der Waals surface area contributed by atoms with Gasteiger partial charge in [0.05, 0.1) is 16.3 Å². The summed E-state index contributed by atoms with van der Waals surface area (Å²) in [5.74, 6) is 0.136. The zero-order chi connectivity index (χ0) is 15.5. The largest absolute Gasteiger partial charge is 0.381 e. The molecule has 1 fully saturated rings. The van der Waals surface area contributed by atoms with E-state index >= 15 is 0 Å². The summed E-state index contributed by atoms with van der Waals surface area (Å²) in [5, 5.41) is 3.47. The van der Waals surface area contributed by atoms with Gasteiger partial charge in [0.25, 0.3) is 0 Å². The molecule has 0 radical (unpaired) electrons. The maximum absolute atomic E-state index is 12.2. The Kier molecular flexibility index (Phi) is 5.27. The molecule has 1 aliphatic rings. The van der Waals surface area contributed by atoms with Crippen LogP contribution in [0.4, 0.5) is 5.69 Å². The van der Waals surface area contributed by atoms with E-state index in [1.165, 1.54) is 12.8 Å². The highest BCUT2D eigenvalue weighted by molar-refractivity contribution is 7.91. The molecule has 1 saturated carbocycles. The maximum atomic E-state index is 12.2. The fourth-order valence-electron chi connectivity index (χ4n) is 3.00. The van der Waals surface area contributed by atoms with Crippen LogP contribution in [0, 0.1) is 0 Å². The number of benzene rings is 1. The van der Waals surface area contributed by atoms with Crippen LogP contribution >= 0.6 is 0 Å². The van der Waals surface area contributed by atoms with Gasteiger partial charge >= 0.3 is 0 Å². The van der Waals surface area contributed by atoms with Gasteiger partial charge in [0.2, 0.25) is 0 Å². The van der Waals surface area contributed by atoms with E-state index in [-0.39, 0.29) is 5.75 Å². The van der Waals surface area contributed by atoms with Gasteiger partial charge in [-0.05, 0) is 51.9 Å². The molecular weight excluding hydrogens is 284 g/mol. The average Bonchev–Trinajstić information content (AvgIpc) is 2.48. The first-order valence-corrected chi connectivity index (χ1v) is 9.34. The van der Waals surface area contributed by atoms with Gasteiger partial charge < -0.3 is 10.2 Å². The molecule has 2 atom stereocenters. The van der Waals surface area contributed by atoms with Crippen LogP contribution in [-0.2, 0) is 9.84 Å². The fraction of sp³-hybridized carbons (Fsp3) is 0.625. The van der Waals surface area contributed by atoms with Crippen molar-refractivity contribution in [2.24, 2.45) is 0 Å². The lowest BCUT2D eigenvalue weighted by molar-refractivity contribution is 0.219. The molecule has 1 aromatic carbocycles. The molecule has 0 heterocycles. The minimum atomic E-state index is -3.18. The zero-order valence-corrected chi connectivity index (χ0v) is 14.0. The van der Waals surface area contributed by atoms with E-state index in [1.807, 2.05) is 12.1 Å². The van der Waals surface area contributed by atoms with Gasteiger partial charge in [0.15, 0.2) is 9.84 Å². The van der Waals surface area contributed by atoms with Gasteiger partial charge in [-0.3, -0.25) is 0 Å². The standard InChI is InChI=1S/C16H26N2O2S/c1-4-21(19,20)16-11-6-5-10-15(16)17-13-8-7-9-14(12-13)18(2)3/h5-6,10-11,13-14,17H,4,7-9,12H2,1-3H3/t13-,14-/m1/s1. The lowest BCUT2D eigenvalue weighted by atomic mass is 9.90. The predicted octanol–water partition coefficient (Wildman–Crippen LogP) is 2.76. The van der Waals surface area contributed by atoms with Gasteiger partial charge in [-0.2, -0.15) is 0 Å². The summed E-state index contributed by atoms with van der Waals surface area (Å²) in [7, 11) is 1.04. The van der Waals surface area contributed by atoms with Crippen molar-refractivity contribution < 1.29 is 8.42 Å². The second kappa shape index (κ2) is 6.79. The molecule has 0 amide bonds. The predicted molar refractivity (Wildman–Crippen MR) is 87.5 cm³/mol. The summed E-state index contributed by atoms with van der Waals surface area (Å²) in [5.41, 5.74) is 0.753. The van der Waals surface area contributed by atoms with Crippen molar-refractivity contribution >= 4 is 15.5 Å². The molecule has 0 aliphatic heterocycles. The maximum Gasteiger partial charge on any atom is 0.180 e. The van der Waals surface area contributed by atoms with E-state index in [9.17, 15) is 8.42 Å². The van der Waals surface area contributed by atoms with Crippen LogP contribution in [0.5, 0.6) is 0 Å². The number of hydrogen-bond donors (Lipinski definition) is 1. The molecule has 5 heteroatoms. The minimum Gasteiger partial charge on any atom is -0.381 e. The molecule has 0 aromatic heterocycles. The molecule has 0 unspecified atom stereocenters. The van der Waals surface area contributed by atoms with Crippen LogP contribution < -0.4 is 5.32 Å². The van der Waals surface area contributed by atoms with E-state index < -0.39 is 9.84 Å². The second-order valence-corrected chi connectivity index (χ2v) is 8.27. The van der Waals surface area contributed by atoms with Crippen molar-refractivity contribution in [2.45, 2.75) is 49.6 Å².